The van der Waals surface area contributed by atoms with Crippen LogP contribution in [0, 0.1) is 27.7 Å². The maximum absolute atomic E-state index is 13.8. The standard InChI is InChI=1S/C21H29N5O3S/c1-13-11-14(2)16(4)20(15(13)3)30(28,29)26-8-6-7-18(26)21-23-22-19-12-24(17(5)27)9-10-25(19)21/h11,18H,6-10,12H2,1-5H3. The highest BCUT2D eigenvalue weighted by molar-refractivity contribution is 7.89. The minimum Gasteiger partial charge on any atom is -0.334 e. The number of hydrogen-bond acceptors (Lipinski definition) is 5. The van der Waals surface area contributed by atoms with Gasteiger partial charge < -0.3 is 9.47 Å². The highest BCUT2D eigenvalue weighted by Crippen LogP contribution is 2.39. The topological polar surface area (TPSA) is 88.4 Å². The van der Waals surface area contributed by atoms with E-state index in [1.165, 1.54) is 0 Å². The SMILES string of the molecule is CC(=O)N1CCn2c(nnc2C2CCCN2S(=O)(=O)c2c(C)c(C)cc(C)c2C)C1. The lowest BCUT2D eigenvalue weighted by Crippen LogP contribution is -2.38. The van der Waals surface area contributed by atoms with E-state index in [0.717, 1.165) is 40.9 Å². The Balaban J connectivity index is 1.74. The van der Waals surface area contributed by atoms with E-state index in [4.69, 9.17) is 0 Å². The molecule has 1 aromatic heterocycles. The lowest BCUT2D eigenvalue weighted by Gasteiger charge is -2.30. The molecule has 4 rings (SSSR count). The summed E-state index contributed by atoms with van der Waals surface area (Å²) in [7, 11) is -3.68. The summed E-state index contributed by atoms with van der Waals surface area (Å²) >= 11 is 0. The van der Waals surface area contributed by atoms with Gasteiger partial charge in [-0.3, -0.25) is 4.79 Å². The van der Waals surface area contributed by atoms with Crippen molar-refractivity contribution in [2.24, 2.45) is 0 Å². The summed E-state index contributed by atoms with van der Waals surface area (Å²) < 4.78 is 31.2. The minimum atomic E-state index is -3.68. The molecule has 1 atom stereocenters. The summed E-state index contributed by atoms with van der Waals surface area (Å²) in [4.78, 5) is 13.9. The van der Waals surface area contributed by atoms with Gasteiger partial charge in [-0.15, -0.1) is 10.2 Å². The zero-order chi connectivity index (χ0) is 21.8. The maximum Gasteiger partial charge on any atom is 0.244 e. The monoisotopic (exact) mass is 431 g/mol. The molecule has 1 amide bonds. The first kappa shape index (κ1) is 21.0. The van der Waals surface area contributed by atoms with Gasteiger partial charge in [0, 0.05) is 26.6 Å². The molecule has 30 heavy (non-hydrogen) atoms. The zero-order valence-electron chi connectivity index (χ0n) is 18.3. The van der Waals surface area contributed by atoms with Gasteiger partial charge in [0.2, 0.25) is 15.9 Å². The Hall–Kier alpha value is -2.26. The molecule has 0 N–H and O–H groups in total. The molecule has 2 aliphatic rings. The van der Waals surface area contributed by atoms with E-state index >= 15 is 0 Å². The smallest absolute Gasteiger partial charge is 0.244 e. The van der Waals surface area contributed by atoms with Crippen molar-refractivity contribution >= 4 is 15.9 Å². The van der Waals surface area contributed by atoms with Crippen molar-refractivity contribution in [2.45, 2.75) is 71.5 Å². The molecule has 162 valence electrons. The molecule has 0 saturated carbocycles. The summed E-state index contributed by atoms with van der Waals surface area (Å²) in [6, 6.07) is 1.71. The van der Waals surface area contributed by atoms with Gasteiger partial charge >= 0.3 is 0 Å². The second kappa shape index (κ2) is 7.46. The first-order valence-corrected chi connectivity index (χ1v) is 11.8. The fraction of sp³-hybridized carbons (Fsp3) is 0.571. The Morgan fingerprint density at radius 1 is 1.03 bits per heavy atom. The number of carbonyl (C=O) groups excluding carboxylic acids is 1. The lowest BCUT2D eigenvalue weighted by molar-refractivity contribution is -0.130. The van der Waals surface area contributed by atoms with Crippen LogP contribution in [-0.4, -0.2) is 51.4 Å². The van der Waals surface area contributed by atoms with E-state index in [1.807, 2.05) is 38.3 Å². The summed E-state index contributed by atoms with van der Waals surface area (Å²) in [6.45, 7) is 11.3. The van der Waals surface area contributed by atoms with Gasteiger partial charge in [-0.1, -0.05) is 6.07 Å². The minimum absolute atomic E-state index is 0.0108. The van der Waals surface area contributed by atoms with E-state index in [9.17, 15) is 13.2 Å². The molecule has 1 saturated heterocycles. The van der Waals surface area contributed by atoms with Crippen molar-refractivity contribution in [2.75, 3.05) is 13.1 Å². The van der Waals surface area contributed by atoms with E-state index in [1.54, 1.807) is 16.1 Å². The average Bonchev–Trinajstić information content (AvgIpc) is 3.32. The van der Waals surface area contributed by atoms with Crippen LogP contribution in [0.4, 0.5) is 0 Å². The predicted octanol–water partition coefficient (Wildman–Crippen LogP) is 2.40. The van der Waals surface area contributed by atoms with Gasteiger partial charge in [-0.2, -0.15) is 4.31 Å². The Bertz CT molecular complexity index is 1100. The fourth-order valence-corrected chi connectivity index (χ4v) is 6.90. The molecular weight excluding hydrogens is 402 g/mol. The van der Waals surface area contributed by atoms with Gasteiger partial charge in [0.25, 0.3) is 0 Å². The number of hydrogen-bond donors (Lipinski definition) is 0. The number of amides is 1. The molecule has 8 nitrogen and oxygen atoms in total. The number of aryl methyl sites for hydroxylation is 2. The van der Waals surface area contributed by atoms with Crippen molar-refractivity contribution in [1.29, 1.82) is 0 Å². The first-order chi connectivity index (χ1) is 14.1. The van der Waals surface area contributed by atoms with Crippen molar-refractivity contribution in [1.82, 2.24) is 24.0 Å². The second-order valence-electron chi connectivity index (χ2n) is 8.43. The quantitative estimate of drug-likeness (QED) is 0.745. The van der Waals surface area contributed by atoms with Crippen LogP contribution in [0.15, 0.2) is 11.0 Å². The molecule has 2 aliphatic heterocycles. The molecule has 3 heterocycles. The average molecular weight is 432 g/mol. The predicted molar refractivity (Wildman–Crippen MR) is 112 cm³/mol. The normalized spacial score (nSPS) is 19.9. The van der Waals surface area contributed by atoms with Gasteiger partial charge in [-0.25, -0.2) is 8.42 Å². The van der Waals surface area contributed by atoms with Crippen LogP contribution in [0.25, 0.3) is 0 Å². The Morgan fingerprint density at radius 2 is 1.70 bits per heavy atom. The zero-order valence-corrected chi connectivity index (χ0v) is 19.1. The number of rotatable bonds is 3. The molecule has 0 spiro atoms. The number of nitrogens with zero attached hydrogens (tertiary/aromatic N) is 5. The van der Waals surface area contributed by atoms with Crippen molar-refractivity contribution in [3.05, 3.63) is 40.0 Å². The third kappa shape index (κ3) is 3.24. The number of benzene rings is 1. The van der Waals surface area contributed by atoms with Gasteiger partial charge in [-0.05, 0) is 62.8 Å². The molecule has 0 bridgehead atoms. The van der Waals surface area contributed by atoms with E-state index in [0.29, 0.717) is 36.9 Å². The number of sulfonamides is 1. The fourth-order valence-electron chi connectivity index (χ4n) is 4.67. The van der Waals surface area contributed by atoms with E-state index in [-0.39, 0.29) is 11.9 Å². The van der Waals surface area contributed by atoms with Crippen molar-refractivity contribution in [3.63, 3.8) is 0 Å². The summed E-state index contributed by atoms with van der Waals surface area (Å²) in [5, 5.41) is 8.66. The van der Waals surface area contributed by atoms with Crippen LogP contribution in [0.1, 0.15) is 59.7 Å². The Kier molecular flexibility index (Phi) is 5.22. The molecular formula is C21H29N5O3S. The molecule has 1 unspecified atom stereocenters. The summed E-state index contributed by atoms with van der Waals surface area (Å²) in [5.41, 5.74) is 3.58. The van der Waals surface area contributed by atoms with Crippen molar-refractivity contribution in [3.8, 4) is 0 Å². The van der Waals surface area contributed by atoms with Crippen LogP contribution in [-0.2, 0) is 27.9 Å². The highest BCUT2D eigenvalue weighted by atomic mass is 32.2. The highest BCUT2D eigenvalue weighted by Gasteiger charge is 2.41. The Labute approximate surface area is 177 Å². The first-order valence-electron chi connectivity index (χ1n) is 10.4. The molecule has 2 aromatic rings. The third-order valence-corrected chi connectivity index (χ3v) is 8.78. The third-order valence-electron chi connectivity index (χ3n) is 6.59. The number of aromatic nitrogens is 3. The van der Waals surface area contributed by atoms with Crippen LogP contribution < -0.4 is 0 Å². The summed E-state index contributed by atoms with van der Waals surface area (Å²) in [6.07, 6.45) is 1.51. The number of carbonyl (C=O) groups is 1. The Morgan fingerprint density at radius 3 is 2.33 bits per heavy atom. The van der Waals surface area contributed by atoms with E-state index in [2.05, 4.69) is 10.2 Å². The van der Waals surface area contributed by atoms with Gasteiger partial charge in [0.05, 0.1) is 17.5 Å². The van der Waals surface area contributed by atoms with Gasteiger partial charge in [0.15, 0.2) is 11.6 Å². The molecule has 1 fully saturated rings. The molecule has 0 aliphatic carbocycles. The maximum atomic E-state index is 13.8. The van der Waals surface area contributed by atoms with Crippen LogP contribution in [0.5, 0.6) is 0 Å². The molecule has 9 heteroatoms. The van der Waals surface area contributed by atoms with Crippen LogP contribution in [0.3, 0.4) is 0 Å². The second-order valence-corrected chi connectivity index (χ2v) is 10.3. The van der Waals surface area contributed by atoms with Crippen LogP contribution in [0.2, 0.25) is 0 Å². The lowest BCUT2D eigenvalue weighted by atomic mass is 10.0. The van der Waals surface area contributed by atoms with Gasteiger partial charge in [0.1, 0.15) is 0 Å². The molecule has 1 aromatic carbocycles. The van der Waals surface area contributed by atoms with E-state index < -0.39 is 10.0 Å². The van der Waals surface area contributed by atoms with Crippen LogP contribution >= 0.6 is 0 Å². The summed E-state index contributed by atoms with van der Waals surface area (Å²) in [5.74, 6) is 1.42. The van der Waals surface area contributed by atoms with Crippen molar-refractivity contribution < 1.29 is 13.2 Å². The molecule has 0 radical (unpaired) electrons. The largest absolute Gasteiger partial charge is 0.334 e. The number of fused-ring (bicyclic) bond motifs is 1.